The minimum atomic E-state index is -5.40. The van der Waals surface area contributed by atoms with Crippen molar-refractivity contribution in [2.24, 2.45) is 0 Å². The third-order valence-electron chi connectivity index (χ3n) is 10.1. The molecule has 13 N–H and O–H groups in total. The van der Waals surface area contributed by atoms with Crippen LogP contribution >= 0.6 is 0 Å². The molecule has 4 unspecified atom stereocenters. The highest BCUT2D eigenvalue weighted by Crippen LogP contribution is 2.56. The van der Waals surface area contributed by atoms with Gasteiger partial charge in [0.15, 0.2) is 0 Å². The molecule has 19 nitrogen and oxygen atoms in total. The van der Waals surface area contributed by atoms with E-state index in [1.807, 2.05) is 0 Å². The van der Waals surface area contributed by atoms with E-state index in [9.17, 15) is 107 Å². The molecule has 2 aromatic rings. The van der Waals surface area contributed by atoms with Crippen molar-refractivity contribution < 1.29 is 107 Å². The Kier molecular flexibility index (Phi) is 10.7. The Morgan fingerprint density at radius 3 is 1.56 bits per heavy atom. The molecular formula is C31H37F7N4O15. The summed E-state index contributed by atoms with van der Waals surface area (Å²) in [5.74, 6) is -33.1. The van der Waals surface area contributed by atoms with Crippen LogP contribution in [0, 0.1) is 12.7 Å². The van der Waals surface area contributed by atoms with Crippen LogP contribution < -0.4 is 0 Å². The smallest absolute Gasteiger partial charge is 0.386 e. The molecule has 3 amide bonds. The van der Waals surface area contributed by atoms with Crippen molar-refractivity contribution in [2.75, 3.05) is 7.05 Å². The van der Waals surface area contributed by atoms with E-state index in [2.05, 4.69) is 0 Å². The van der Waals surface area contributed by atoms with E-state index < -0.39 is 132 Å². The highest BCUT2D eigenvalue weighted by Gasteiger charge is 2.85. The van der Waals surface area contributed by atoms with Crippen LogP contribution in [0.5, 0.6) is 0 Å². The second-order valence-electron chi connectivity index (χ2n) is 13.9. The molecule has 2 saturated heterocycles. The number of hydrogen-bond acceptors (Lipinski definition) is 16. The monoisotopic (exact) mass is 838 g/mol. The molecule has 0 bridgehead atoms. The predicted molar refractivity (Wildman–Crippen MR) is 166 cm³/mol. The summed E-state index contributed by atoms with van der Waals surface area (Å²) in [7, 11) is 0.625. The van der Waals surface area contributed by atoms with Crippen molar-refractivity contribution in [3.05, 3.63) is 70.0 Å². The van der Waals surface area contributed by atoms with Crippen molar-refractivity contribution in [2.45, 2.75) is 99.1 Å². The van der Waals surface area contributed by atoms with Crippen LogP contribution in [0.2, 0.25) is 0 Å². The van der Waals surface area contributed by atoms with Gasteiger partial charge in [0.25, 0.3) is 5.79 Å². The van der Waals surface area contributed by atoms with E-state index in [-0.39, 0.29) is 30.0 Å². The molecule has 2 aromatic carbocycles. The van der Waals surface area contributed by atoms with Gasteiger partial charge in [-0.3, -0.25) is 9.69 Å². The molecule has 26 heteroatoms. The molecule has 320 valence electrons. The standard InChI is InChI=1S/C31H37F7N4O15/c1-12-8-18(32)6-7-19(12)20-23(4,45)21(42-30(54,55)28(50,51)41(14(3)43)29(52,53)31(42,56)57)24(46,47)27(48,49)40(20)22(44)39(5)13(2)15-9-16(25(33,34)35)11-17(10-15)26(36,37)38/h6-11,13,20-21,45-57H,1-5H3. The lowest BCUT2D eigenvalue weighted by atomic mass is 9.71. The number of carbonyl (C=O) groups is 2. The first-order valence-electron chi connectivity index (χ1n) is 15.9. The lowest BCUT2D eigenvalue weighted by Gasteiger charge is -2.68. The molecular weight excluding hydrogens is 801 g/mol. The number of alkyl halides is 6. The Morgan fingerprint density at radius 2 is 1.18 bits per heavy atom. The van der Waals surface area contributed by atoms with E-state index in [0.29, 0.717) is 32.2 Å². The maximum atomic E-state index is 14.4. The van der Waals surface area contributed by atoms with Crippen LogP contribution in [-0.4, -0.2) is 152 Å². The van der Waals surface area contributed by atoms with Gasteiger partial charge in [0.2, 0.25) is 5.91 Å². The van der Waals surface area contributed by atoms with Crippen molar-refractivity contribution in [1.29, 1.82) is 0 Å². The molecule has 4 rings (SSSR count). The molecule has 2 fully saturated rings. The molecule has 0 spiro atoms. The number of nitrogens with zero attached hydrogens (tertiary/aromatic N) is 4. The molecule has 0 aliphatic carbocycles. The minimum absolute atomic E-state index is 0.179. The Balaban J connectivity index is 2.05. The maximum absolute atomic E-state index is 14.4. The van der Waals surface area contributed by atoms with Gasteiger partial charge in [0.05, 0.1) is 23.2 Å². The number of amides is 3. The van der Waals surface area contributed by atoms with Gasteiger partial charge in [-0.1, -0.05) is 6.07 Å². The lowest BCUT2D eigenvalue weighted by molar-refractivity contribution is -0.618. The third kappa shape index (κ3) is 6.67. The van der Waals surface area contributed by atoms with Gasteiger partial charge in [-0.25, -0.2) is 14.1 Å². The molecule has 2 aliphatic rings. The van der Waals surface area contributed by atoms with Crippen molar-refractivity contribution >= 4 is 11.9 Å². The number of carbonyl (C=O) groups excluding carboxylic acids is 2. The van der Waals surface area contributed by atoms with E-state index >= 15 is 0 Å². The topological polar surface area (TPSA) is 310 Å². The average molecular weight is 839 g/mol. The summed E-state index contributed by atoms with van der Waals surface area (Å²) in [6, 6.07) is -8.71. The quantitative estimate of drug-likeness (QED) is 0.112. The van der Waals surface area contributed by atoms with Crippen LogP contribution in [0.15, 0.2) is 36.4 Å². The summed E-state index contributed by atoms with van der Waals surface area (Å²) in [5, 5.41) is 145. The number of rotatable bonds is 4. The normalized spacial score (nSPS) is 27.2. The molecule has 57 heavy (non-hydrogen) atoms. The number of urea groups is 1. The van der Waals surface area contributed by atoms with Gasteiger partial charge in [-0.05, 0) is 67.8 Å². The first-order valence-corrected chi connectivity index (χ1v) is 15.9. The van der Waals surface area contributed by atoms with Crippen molar-refractivity contribution in [1.82, 2.24) is 19.6 Å². The summed E-state index contributed by atoms with van der Waals surface area (Å²) in [6.45, 7) is 2.40. The molecule has 0 radical (unpaired) electrons. The van der Waals surface area contributed by atoms with Crippen LogP contribution in [-0.2, 0) is 17.1 Å². The second-order valence-corrected chi connectivity index (χ2v) is 13.9. The summed E-state index contributed by atoms with van der Waals surface area (Å²) >= 11 is 0. The van der Waals surface area contributed by atoms with Crippen LogP contribution in [0.4, 0.5) is 35.5 Å². The average Bonchev–Trinajstić information content (AvgIpc) is 3.02. The number of likely N-dealkylation sites (tertiary alicyclic amines) is 1. The van der Waals surface area contributed by atoms with Gasteiger partial charge in [0, 0.05) is 14.0 Å². The zero-order valence-electron chi connectivity index (χ0n) is 29.8. The number of piperidine rings is 1. The number of aryl methyl sites for hydroxylation is 1. The number of piperazine rings is 1. The summed E-state index contributed by atoms with van der Waals surface area (Å²) in [6.07, 6.45) is -10.8. The molecule has 2 aliphatic heterocycles. The number of hydrogen-bond donors (Lipinski definition) is 13. The number of halogens is 7. The molecule has 0 aromatic heterocycles. The van der Waals surface area contributed by atoms with Gasteiger partial charge in [0.1, 0.15) is 17.5 Å². The van der Waals surface area contributed by atoms with Gasteiger partial charge in [-0.2, -0.15) is 31.2 Å². The zero-order chi connectivity index (χ0) is 44.4. The Labute approximate surface area is 314 Å². The Hall–Kier alpha value is -3.87. The van der Waals surface area contributed by atoms with Crippen LogP contribution in [0.1, 0.15) is 60.7 Å². The van der Waals surface area contributed by atoms with Crippen LogP contribution in [0.25, 0.3) is 0 Å². The molecule has 4 atom stereocenters. The summed E-state index contributed by atoms with van der Waals surface area (Å²) in [5.41, 5.74) is -9.58. The number of benzene rings is 2. The van der Waals surface area contributed by atoms with Gasteiger partial charge >= 0.3 is 47.9 Å². The van der Waals surface area contributed by atoms with Crippen molar-refractivity contribution in [3.63, 3.8) is 0 Å². The SMILES string of the molecule is CC(=O)N1C(O)(O)C(O)(O)N(C2C(C)(O)C(c3ccc(F)cc3C)N(C(=O)N(C)C(C)c3cc(C(F)(F)F)cc(C(F)(F)F)c3)C(O)(O)C2(O)O)C(O)(O)C1(O)O. The highest BCUT2D eigenvalue weighted by atomic mass is 19.4. The summed E-state index contributed by atoms with van der Waals surface area (Å²) in [4.78, 5) is 23.8. The second kappa shape index (κ2) is 13.3. The van der Waals surface area contributed by atoms with Gasteiger partial charge < -0.3 is 71.3 Å². The zero-order valence-corrected chi connectivity index (χ0v) is 29.8. The van der Waals surface area contributed by atoms with E-state index in [1.54, 1.807) is 0 Å². The first kappa shape index (κ1) is 45.8. The predicted octanol–water partition coefficient (Wildman–Crippen LogP) is -2.50. The van der Waals surface area contributed by atoms with E-state index in [0.717, 1.165) is 13.8 Å². The van der Waals surface area contributed by atoms with E-state index in [1.165, 1.54) is 0 Å². The summed E-state index contributed by atoms with van der Waals surface area (Å²) < 4.78 is 96.5. The first-order chi connectivity index (χ1) is 25.3. The fourth-order valence-corrected chi connectivity index (χ4v) is 7.08. The fourth-order valence-electron chi connectivity index (χ4n) is 7.08. The Morgan fingerprint density at radius 1 is 0.737 bits per heavy atom. The largest absolute Gasteiger partial charge is 0.416 e. The Bertz CT molecular complexity index is 1880. The third-order valence-corrected chi connectivity index (χ3v) is 10.1. The van der Waals surface area contributed by atoms with Gasteiger partial charge in [-0.15, -0.1) is 0 Å². The lowest BCUT2D eigenvalue weighted by Crippen LogP contribution is -2.96. The maximum Gasteiger partial charge on any atom is 0.416 e. The minimum Gasteiger partial charge on any atom is -0.386 e. The molecule has 0 saturated carbocycles. The fraction of sp³-hybridized carbons (Fsp3) is 0.548. The molecule has 2 heterocycles. The van der Waals surface area contributed by atoms with Crippen molar-refractivity contribution in [3.8, 4) is 0 Å². The number of aliphatic hydroxyl groups is 13. The van der Waals surface area contributed by atoms with Crippen LogP contribution in [0.3, 0.4) is 0 Å². The highest BCUT2D eigenvalue weighted by molar-refractivity contribution is 5.77. The van der Waals surface area contributed by atoms with E-state index in [4.69, 9.17) is 0 Å².